The van der Waals surface area contributed by atoms with E-state index in [1.54, 1.807) is 47.4 Å². The van der Waals surface area contributed by atoms with Crippen LogP contribution in [0.15, 0.2) is 82.7 Å². The lowest BCUT2D eigenvalue weighted by Crippen LogP contribution is -2.33. The second-order valence-corrected chi connectivity index (χ2v) is 10.3. The van der Waals surface area contributed by atoms with Gasteiger partial charge in [-0.15, -0.1) is 0 Å². The number of aliphatic imine (C=N–C) groups is 1. The van der Waals surface area contributed by atoms with Gasteiger partial charge in [0.15, 0.2) is 0 Å². The van der Waals surface area contributed by atoms with Crippen LogP contribution < -0.4 is 15.6 Å². The Morgan fingerprint density at radius 3 is 2.38 bits per heavy atom. The van der Waals surface area contributed by atoms with Gasteiger partial charge < -0.3 is 15.4 Å². The Labute approximate surface area is 223 Å². The summed E-state index contributed by atoms with van der Waals surface area (Å²) < 4.78 is 29.5. The Bertz CT molecular complexity index is 1400. The summed E-state index contributed by atoms with van der Waals surface area (Å²) in [6.07, 6.45) is 0.872. The Balaban J connectivity index is 1.76. The van der Waals surface area contributed by atoms with E-state index in [4.69, 9.17) is 27.8 Å². The fraction of sp³-hybridized carbons (Fsp3) is 0.222. The third kappa shape index (κ3) is 7.69. The van der Waals surface area contributed by atoms with Gasteiger partial charge in [-0.1, -0.05) is 74.6 Å². The average molecular weight is 539 g/mol. The summed E-state index contributed by atoms with van der Waals surface area (Å²) in [6.45, 7) is 4.71. The van der Waals surface area contributed by atoms with Crippen LogP contribution >= 0.6 is 12.2 Å². The number of sulfonamides is 1. The Hall–Kier alpha value is -3.60. The van der Waals surface area contributed by atoms with Crippen LogP contribution in [0.4, 0.5) is 4.79 Å². The molecule has 37 heavy (non-hydrogen) atoms. The fourth-order valence-corrected chi connectivity index (χ4v) is 4.51. The summed E-state index contributed by atoms with van der Waals surface area (Å²) in [5.41, 5.74) is 8.80. The molecule has 0 radical (unpaired) electrons. The number of carbonyl (C=O) groups excluding carboxylic acids is 1. The molecule has 8 nitrogen and oxygen atoms in total. The maximum atomic E-state index is 13.0. The van der Waals surface area contributed by atoms with Gasteiger partial charge >= 0.3 is 6.09 Å². The quantitative estimate of drug-likeness (QED) is 0.228. The van der Waals surface area contributed by atoms with E-state index in [1.807, 2.05) is 38.1 Å². The van der Waals surface area contributed by atoms with Crippen molar-refractivity contribution in [2.45, 2.75) is 38.1 Å². The molecule has 10 heteroatoms. The SMILES string of the molecule is CCCN(Cc1cccc(C(N)=NC(=S)CC)c1)C(=O)Oc1ccc(-c2ccccc2S(N)(=O)=O)cc1. The van der Waals surface area contributed by atoms with E-state index in [0.29, 0.717) is 47.2 Å². The number of nitrogens with zero attached hydrogens (tertiary/aromatic N) is 2. The van der Waals surface area contributed by atoms with Crippen molar-refractivity contribution in [1.82, 2.24) is 4.90 Å². The van der Waals surface area contributed by atoms with Crippen LogP contribution in [0.1, 0.15) is 37.8 Å². The van der Waals surface area contributed by atoms with Gasteiger partial charge in [-0.25, -0.2) is 23.3 Å². The van der Waals surface area contributed by atoms with E-state index in [1.165, 1.54) is 6.07 Å². The lowest BCUT2D eigenvalue weighted by atomic mass is 10.1. The van der Waals surface area contributed by atoms with Crippen LogP contribution in [0.5, 0.6) is 5.75 Å². The molecule has 0 fully saturated rings. The summed E-state index contributed by atoms with van der Waals surface area (Å²) in [7, 11) is -3.89. The topological polar surface area (TPSA) is 128 Å². The molecule has 4 N–H and O–H groups in total. The zero-order valence-corrected chi connectivity index (χ0v) is 22.4. The molecule has 0 bridgehead atoms. The van der Waals surface area contributed by atoms with Crippen molar-refractivity contribution in [2.75, 3.05) is 6.54 Å². The Morgan fingerprint density at radius 1 is 1.03 bits per heavy atom. The molecule has 0 aliphatic heterocycles. The maximum absolute atomic E-state index is 13.0. The van der Waals surface area contributed by atoms with E-state index < -0.39 is 16.1 Å². The third-order valence-electron chi connectivity index (χ3n) is 5.46. The van der Waals surface area contributed by atoms with Gasteiger partial charge in [0.1, 0.15) is 16.6 Å². The number of nitrogens with two attached hydrogens (primary N) is 2. The van der Waals surface area contributed by atoms with E-state index in [-0.39, 0.29) is 4.90 Å². The first-order valence-electron chi connectivity index (χ1n) is 11.8. The van der Waals surface area contributed by atoms with Gasteiger partial charge in [-0.05, 0) is 48.2 Å². The molecule has 194 valence electrons. The first-order valence-corrected chi connectivity index (χ1v) is 13.7. The highest BCUT2D eigenvalue weighted by atomic mass is 32.2. The van der Waals surface area contributed by atoms with E-state index in [9.17, 15) is 13.2 Å². The van der Waals surface area contributed by atoms with E-state index in [2.05, 4.69) is 4.99 Å². The second kappa shape index (κ2) is 12.6. The second-order valence-electron chi connectivity index (χ2n) is 8.30. The number of amides is 1. The zero-order chi connectivity index (χ0) is 27.0. The molecule has 0 aliphatic rings. The van der Waals surface area contributed by atoms with Gasteiger partial charge in [0.05, 0.1) is 4.90 Å². The Morgan fingerprint density at radius 2 is 1.73 bits per heavy atom. The minimum atomic E-state index is -3.89. The Kier molecular flexibility index (Phi) is 9.51. The first-order chi connectivity index (χ1) is 17.6. The highest BCUT2D eigenvalue weighted by Gasteiger charge is 2.18. The van der Waals surface area contributed by atoms with Gasteiger partial charge in [-0.2, -0.15) is 0 Å². The summed E-state index contributed by atoms with van der Waals surface area (Å²) in [5.74, 6) is 0.670. The molecule has 1 amide bonds. The summed E-state index contributed by atoms with van der Waals surface area (Å²) in [4.78, 5) is 19.4. The van der Waals surface area contributed by atoms with Crippen molar-refractivity contribution >= 4 is 39.2 Å². The predicted octanol–water partition coefficient (Wildman–Crippen LogP) is 4.85. The van der Waals surface area contributed by atoms with Gasteiger partial charge in [0.2, 0.25) is 10.0 Å². The highest BCUT2D eigenvalue weighted by molar-refractivity contribution is 7.89. The number of thiocarbonyl (C=S) groups is 1. The largest absolute Gasteiger partial charge is 0.415 e. The van der Waals surface area contributed by atoms with E-state index in [0.717, 1.165) is 17.5 Å². The monoisotopic (exact) mass is 538 g/mol. The molecule has 0 saturated heterocycles. The first kappa shape index (κ1) is 28.0. The molecule has 0 aromatic heterocycles. The summed E-state index contributed by atoms with van der Waals surface area (Å²) >= 11 is 5.15. The van der Waals surface area contributed by atoms with Crippen LogP contribution in [0.2, 0.25) is 0 Å². The molecule has 0 spiro atoms. The predicted molar refractivity (Wildman–Crippen MR) is 150 cm³/mol. The normalized spacial score (nSPS) is 11.7. The van der Waals surface area contributed by atoms with Crippen LogP contribution in [0, 0.1) is 0 Å². The molecule has 3 rings (SSSR count). The van der Waals surface area contributed by atoms with E-state index >= 15 is 0 Å². The minimum Gasteiger partial charge on any atom is -0.410 e. The van der Waals surface area contributed by atoms with Crippen molar-refractivity contribution in [3.05, 3.63) is 83.9 Å². The molecule has 3 aromatic rings. The summed E-state index contributed by atoms with van der Waals surface area (Å²) in [5, 5.41) is 5.35. The lowest BCUT2D eigenvalue weighted by Gasteiger charge is -2.22. The average Bonchev–Trinajstić information content (AvgIpc) is 2.88. The van der Waals surface area contributed by atoms with Crippen molar-refractivity contribution in [2.24, 2.45) is 15.9 Å². The molecule has 0 heterocycles. The summed E-state index contributed by atoms with van der Waals surface area (Å²) in [6, 6.07) is 20.6. The van der Waals surface area contributed by atoms with Gasteiger partial charge in [0.25, 0.3) is 0 Å². The molecule has 0 unspecified atom stereocenters. The van der Waals surface area contributed by atoms with Crippen molar-refractivity contribution in [1.29, 1.82) is 0 Å². The number of rotatable bonds is 9. The molecule has 0 atom stereocenters. The molecule has 3 aromatic carbocycles. The number of hydrogen-bond acceptors (Lipinski definition) is 5. The highest BCUT2D eigenvalue weighted by Crippen LogP contribution is 2.28. The maximum Gasteiger partial charge on any atom is 0.415 e. The molecular formula is C27H30N4O4S2. The van der Waals surface area contributed by atoms with Crippen LogP contribution in [-0.2, 0) is 16.6 Å². The van der Waals surface area contributed by atoms with Crippen molar-refractivity contribution < 1.29 is 17.9 Å². The number of primary sulfonamides is 1. The van der Waals surface area contributed by atoms with Crippen LogP contribution in [-0.4, -0.2) is 36.8 Å². The number of ether oxygens (including phenoxy) is 1. The van der Waals surface area contributed by atoms with Gasteiger partial charge in [0, 0.05) is 24.2 Å². The fourth-order valence-electron chi connectivity index (χ4n) is 3.65. The smallest absolute Gasteiger partial charge is 0.410 e. The van der Waals surface area contributed by atoms with Gasteiger partial charge in [-0.3, -0.25) is 0 Å². The standard InChI is InChI=1S/C27H30N4O4S2/c1-3-16-31(18-19-8-7-9-21(17-19)26(28)30-25(36)4-2)27(32)35-22-14-12-20(13-15-22)23-10-5-6-11-24(23)37(29,33)34/h5-15,17H,3-4,16,18H2,1-2H3,(H2,28,30,36)(H2,29,33,34). The van der Waals surface area contributed by atoms with Crippen LogP contribution in [0.25, 0.3) is 11.1 Å². The lowest BCUT2D eigenvalue weighted by molar-refractivity contribution is 0.149. The third-order valence-corrected chi connectivity index (χ3v) is 6.81. The van der Waals surface area contributed by atoms with Crippen LogP contribution in [0.3, 0.4) is 0 Å². The van der Waals surface area contributed by atoms with Crippen molar-refractivity contribution in [3.63, 3.8) is 0 Å². The molecule has 0 saturated carbocycles. The minimum absolute atomic E-state index is 0.0262. The number of carbonyl (C=O) groups is 1. The van der Waals surface area contributed by atoms with Crippen molar-refractivity contribution in [3.8, 4) is 16.9 Å². The molecule has 0 aliphatic carbocycles. The number of amidine groups is 1. The number of hydrogen-bond donors (Lipinski definition) is 2. The molecular weight excluding hydrogens is 508 g/mol. The zero-order valence-electron chi connectivity index (χ0n) is 20.8. The number of benzene rings is 3.